The molecule has 0 aliphatic rings. The molecule has 2 rings (SSSR count). The van der Waals surface area contributed by atoms with Gasteiger partial charge < -0.3 is 14.8 Å². The minimum absolute atomic E-state index is 0.0831. The van der Waals surface area contributed by atoms with Gasteiger partial charge in [-0.25, -0.2) is 8.78 Å². The lowest BCUT2D eigenvalue weighted by Crippen LogP contribution is -2.14. The lowest BCUT2D eigenvalue weighted by Gasteiger charge is -2.18. The molecule has 2 aromatic rings. The number of thiocarbonyl (C=S) groups is 1. The number of hydrogen-bond donors (Lipinski definition) is 1. The van der Waals surface area contributed by atoms with Crippen molar-refractivity contribution in [1.82, 2.24) is 0 Å². The van der Waals surface area contributed by atoms with Crippen LogP contribution in [0.1, 0.15) is 42.5 Å². The largest absolute Gasteiger partial charge is 0.488 e. The van der Waals surface area contributed by atoms with Gasteiger partial charge in [0.1, 0.15) is 12.4 Å². The Hall–Kier alpha value is -2.21. The van der Waals surface area contributed by atoms with E-state index in [9.17, 15) is 8.78 Å². The molecule has 26 heavy (non-hydrogen) atoms. The molecule has 6 heteroatoms. The Balaban J connectivity index is 2.30. The standard InChI is InChI=1S/C20H23F2NO2S/c1-4-13-9-10-18(15(11-13)19(21)22)25-12-16-14(5-2)7-6-8-17(16)23-20(26)24-3/h6-11,19H,4-5,12H2,1-3H3,(H,23,26). The lowest BCUT2D eigenvalue weighted by atomic mass is 10.0. The molecule has 0 unspecified atom stereocenters. The predicted molar refractivity (Wildman–Crippen MR) is 104 cm³/mol. The van der Waals surface area contributed by atoms with E-state index in [0.29, 0.717) is 6.42 Å². The van der Waals surface area contributed by atoms with E-state index in [1.807, 2.05) is 38.1 Å². The van der Waals surface area contributed by atoms with E-state index in [1.54, 1.807) is 6.07 Å². The van der Waals surface area contributed by atoms with Gasteiger partial charge in [-0.05, 0) is 54.4 Å². The van der Waals surface area contributed by atoms with Gasteiger partial charge in [0.2, 0.25) is 0 Å². The summed E-state index contributed by atoms with van der Waals surface area (Å²) in [6.45, 7) is 4.11. The van der Waals surface area contributed by atoms with Gasteiger partial charge in [0.25, 0.3) is 11.6 Å². The van der Waals surface area contributed by atoms with E-state index in [4.69, 9.17) is 21.7 Å². The van der Waals surface area contributed by atoms with Crippen molar-refractivity contribution >= 4 is 23.1 Å². The van der Waals surface area contributed by atoms with Crippen molar-refractivity contribution in [3.8, 4) is 5.75 Å². The third-order valence-corrected chi connectivity index (χ3v) is 4.43. The Morgan fingerprint density at radius 2 is 1.92 bits per heavy atom. The van der Waals surface area contributed by atoms with Crippen LogP contribution in [0.5, 0.6) is 5.75 Å². The summed E-state index contributed by atoms with van der Waals surface area (Å²) < 4.78 is 37.6. The van der Waals surface area contributed by atoms with Crippen molar-refractivity contribution in [1.29, 1.82) is 0 Å². The van der Waals surface area contributed by atoms with E-state index < -0.39 is 6.43 Å². The number of methoxy groups -OCH3 is 1. The number of hydrogen-bond acceptors (Lipinski definition) is 3. The molecule has 0 atom stereocenters. The molecule has 1 N–H and O–H groups in total. The maximum Gasteiger partial charge on any atom is 0.267 e. The smallest absolute Gasteiger partial charge is 0.267 e. The minimum Gasteiger partial charge on any atom is -0.488 e. The van der Waals surface area contributed by atoms with Crippen molar-refractivity contribution < 1.29 is 18.3 Å². The summed E-state index contributed by atoms with van der Waals surface area (Å²) in [6.07, 6.45) is -1.11. The molecule has 0 bridgehead atoms. The molecule has 0 fully saturated rings. The van der Waals surface area contributed by atoms with Crippen LogP contribution in [-0.4, -0.2) is 12.3 Å². The molecule has 0 amide bonds. The highest BCUT2D eigenvalue weighted by atomic mass is 32.1. The molecule has 0 radical (unpaired) electrons. The maximum absolute atomic E-state index is 13.4. The van der Waals surface area contributed by atoms with E-state index >= 15 is 0 Å². The zero-order valence-electron chi connectivity index (χ0n) is 15.1. The summed E-state index contributed by atoms with van der Waals surface area (Å²) >= 11 is 5.06. The molecule has 0 aliphatic carbocycles. The molecule has 0 aliphatic heterocycles. The Bertz CT molecular complexity index is 765. The zero-order valence-corrected chi connectivity index (χ0v) is 16.0. The monoisotopic (exact) mass is 379 g/mol. The fourth-order valence-corrected chi connectivity index (χ4v) is 2.79. The van der Waals surface area contributed by atoms with Crippen LogP contribution in [0.25, 0.3) is 0 Å². The predicted octanol–water partition coefficient (Wildman–Crippen LogP) is 5.67. The number of alkyl halides is 2. The fraction of sp³-hybridized carbons (Fsp3) is 0.350. The first-order valence-corrected chi connectivity index (χ1v) is 8.90. The van der Waals surface area contributed by atoms with Crippen LogP contribution in [-0.2, 0) is 24.2 Å². The van der Waals surface area contributed by atoms with Crippen LogP contribution < -0.4 is 10.1 Å². The fourth-order valence-electron chi connectivity index (χ4n) is 2.68. The summed E-state index contributed by atoms with van der Waals surface area (Å²) in [5.74, 6) is 0.198. The summed E-state index contributed by atoms with van der Waals surface area (Å²) in [6, 6.07) is 10.7. The van der Waals surface area contributed by atoms with E-state index in [1.165, 1.54) is 13.2 Å². The quantitative estimate of drug-likeness (QED) is 0.628. The van der Waals surface area contributed by atoms with Crippen molar-refractivity contribution in [2.24, 2.45) is 0 Å². The molecule has 140 valence electrons. The van der Waals surface area contributed by atoms with Gasteiger partial charge in [0.05, 0.1) is 12.7 Å². The third kappa shape index (κ3) is 4.91. The zero-order chi connectivity index (χ0) is 19.1. The van der Waals surface area contributed by atoms with Gasteiger partial charge in [-0.2, -0.15) is 0 Å². The molecule has 0 saturated carbocycles. The van der Waals surface area contributed by atoms with E-state index in [2.05, 4.69) is 5.32 Å². The van der Waals surface area contributed by atoms with Crippen LogP contribution in [0.3, 0.4) is 0 Å². The normalized spacial score (nSPS) is 10.7. The second kappa shape index (κ2) is 9.48. The Labute approximate surface area is 158 Å². The number of aryl methyl sites for hydroxylation is 2. The van der Waals surface area contributed by atoms with Crippen molar-refractivity contribution in [3.63, 3.8) is 0 Å². The lowest BCUT2D eigenvalue weighted by molar-refractivity contribution is 0.144. The van der Waals surface area contributed by atoms with Crippen molar-refractivity contribution in [2.75, 3.05) is 12.4 Å². The Morgan fingerprint density at radius 1 is 1.15 bits per heavy atom. The maximum atomic E-state index is 13.4. The number of benzene rings is 2. The van der Waals surface area contributed by atoms with Crippen molar-refractivity contribution in [3.05, 3.63) is 58.7 Å². The minimum atomic E-state index is -2.59. The van der Waals surface area contributed by atoms with Crippen LogP contribution in [0.4, 0.5) is 14.5 Å². The number of ether oxygens (including phenoxy) is 2. The van der Waals surface area contributed by atoms with Crippen LogP contribution in [0, 0.1) is 0 Å². The Morgan fingerprint density at radius 3 is 2.54 bits per heavy atom. The highest BCUT2D eigenvalue weighted by Crippen LogP contribution is 2.32. The molecule has 0 aromatic heterocycles. The first-order valence-electron chi connectivity index (χ1n) is 8.49. The van der Waals surface area contributed by atoms with Gasteiger partial charge in [0, 0.05) is 11.3 Å². The van der Waals surface area contributed by atoms with Gasteiger partial charge >= 0.3 is 0 Å². The van der Waals surface area contributed by atoms with E-state index in [0.717, 1.165) is 28.8 Å². The number of rotatable bonds is 7. The molecule has 3 nitrogen and oxygen atoms in total. The van der Waals surface area contributed by atoms with Gasteiger partial charge in [-0.1, -0.05) is 32.0 Å². The molecule has 0 spiro atoms. The number of halogens is 2. The Kier molecular flexibility index (Phi) is 7.33. The van der Waals surface area contributed by atoms with E-state index in [-0.39, 0.29) is 23.1 Å². The molecule has 0 saturated heterocycles. The second-order valence-electron chi connectivity index (χ2n) is 5.73. The molecule has 0 heterocycles. The average Bonchev–Trinajstić information content (AvgIpc) is 2.66. The second-order valence-corrected chi connectivity index (χ2v) is 6.10. The first-order chi connectivity index (χ1) is 12.5. The van der Waals surface area contributed by atoms with Gasteiger partial charge in [0.15, 0.2) is 0 Å². The molecular formula is C20H23F2NO2S. The number of nitrogens with one attached hydrogen (secondary N) is 1. The van der Waals surface area contributed by atoms with Gasteiger partial charge in [-0.15, -0.1) is 0 Å². The highest BCUT2D eigenvalue weighted by molar-refractivity contribution is 7.80. The summed E-state index contributed by atoms with van der Waals surface area (Å²) in [5.41, 5.74) is 3.45. The third-order valence-electron chi connectivity index (χ3n) is 4.17. The van der Waals surface area contributed by atoms with Gasteiger partial charge in [-0.3, -0.25) is 0 Å². The summed E-state index contributed by atoms with van der Waals surface area (Å²) in [4.78, 5) is 0. The van der Waals surface area contributed by atoms with Crippen LogP contribution in [0.15, 0.2) is 36.4 Å². The van der Waals surface area contributed by atoms with Crippen LogP contribution >= 0.6 is 12.2 Å². The summed E-state index contributed by atoms with van der Waals surface area (Å²) in [5, 5.41) is 3.24. The molecular weight excluding hydrogens is 356 g/mol. The number of anilines is 1. The summed E-state index contributed by atoms with van der Waals surface area (Å²) in [7, 11) is 1.49. The SMILES string of the molecule is CCc1ccc(OCc2c(CC)cccc2NC(=S)OC)c(C(F)F)c1. The topological polar surface area (TPSA) is 30.5 Å². The van der Waals surface area contributed by atoms with Crippen molar-refractivity contribution in [2.45, 2.75) is 39.7 Å². The van der Waals surface area contributed by atoms with Crippen LogP contribution in [0.2, 0.25) is 0 Å². The first kappa shape index (κ1) is 20.1. The molecule has 2 aromatic carbocycles. The average molecular weight is 379 g/mol. The highest BCUT2D eigenvalue weighted by Gasteiger charge is 2.16.